The number of hydrogen-bond acceptors (Lipinski definition) is 9. The van der Waals surface area contributed by atoms with Gasteiger partial charge in [-0.25, -0.2) is 0 Å². The van der Waals surface area contributed by atoms with Gasteiger partial charge in [0, 0.05) is 0 Å². The SMILES string of the molecule is C.CC#C[C@@H](CC(=O)O)c1ccc(OC2CCc3ccccc32)cc1.CC#C[C@@H](CC(=O)OC)c1ccc(O)cc1.CC#C[C@@H](CC(=O)OC)c1ccc(OC2CCc3ccccc32)cc1.OC1CCc2ccccc21. The van der Waals surface area contributed by atoms with Gasteiger partial charge in [-0.15, -0.1) is 17.8 Å². The molecule has 6 atom stereocenters. The van der Waals surface area contributed by atoms with Crippen molar-refractivity contribution in [1.82, 2.24) is 0 Å². The summed E-state index contributed by atoms with van der Waals surface area (Å²) < 4.78 is 21.7. The Morgan fingerprint density at radius 3 is 1.21 bits per heavy atom. The van der Waals surface area contributed by atoms with E-state index in [0.29, 0.717) is 0 Å². The van der Waals surface area contributed by atoms with Crippen LogP contribution < -0.4 is 9.47 Å². The number of carbonyl (C=O) groups excluding carboxylic acids is 2. The zero-order valence-corrected chi connectivity index (χ0v) is 43.4. The van der Waals surface area contributed by atoms with E-state index in [1.54, 1.807) is 45.0 Å². The smallest absolute Gasteiger partial charge is 0.307 e. The minimum absolute atomic E-state index is 0. The Labute approximate surface area is 449 Å². The highest BCUT2D eigenvalue weighted by Crippen LogP contribution is 2.37. The molecule has 9 rings (SSSR count). The molecule has 0 saturated carbocycles. The number of methoxy groups -OCH3 is 2. The van der Waals surface area contributed by atoms with Crippen LogP contribution in [0.15, 0.2) is 146 Å². The number of aliphatic hydroxyl groups excluding tert-OH is 1. The van der Waals surface area contributed by atoms with Crippen molar-refractivity contribution in [2.75, 3.05) is 14.2 Å². The lowest BCUT2D eigenvalue weighted by Crippen LogP contribution is -2.08. The number of aliphatic hydroxyl groups is 1. The summed E-state index contributed by atoms with van der Waals surface area (Å²) in [5, 5.41) is 27.6. The van der Waals surface area contributed by atoms with Gasteiger partial charge < -0.3 is 34.3 Å². The Hall–Kier alpha value is -8.23. The van der Waals surface area contributed by atoms with E-state index in [9.17, 15) is 19.5 Å². The lowest BCUT2D eigenvalue weighted by molar-refractivity contribution is -0.141. The van der Waals surface area contributed by atoms with Crippen molar-refractivity contribution in [2.24, 2.45) is 0 Å². The fraction of sp³-hybridized carbons (Fsp3) is 0.318. The maximum absolute atomic E-state index is 11.6. The molecule has 0 amide bonds. The number of phenolic OH excluding ortho intramolecular Hbond substituents is 1. The number of carboxylic acid groups (broad SMARTS) is 1. The molecule has 6 aromatic rings. The van der Waals surface area contributed by atoms with Gasteiger partial charge in [-0.1, -0.05) is 134 Å². The summed E-state index contributed by atoms with van der Waals surface area (Å²) in [6.07, 6.45) is 6.55. The second kappa shape index (κ2) is 30.2. The van der Waals surface area contributed by atoms with Gasteiger partial charge in [0.25, 0.3) is 0 Å². The molecule has 0 radical (unpaired) electrons. The number of esters is 2. The quantitative estimate of drug-likeness (QED) is 0.0754. The van der Waals surface area contributed by atoms with Gasteiger partial charge in [-0.3, -0.25) is 14.4 Å². The highest BCUT2D eigenvalue weighted by atomic mass is 16.5. The van der Waals surface area contributed by atoms with Crippen molar-refractivity contribution < 1.29 is 48.7 Å². The summed E-state index contributed by atoms with van der Waals surface area (Å²) in [6, 6.07) is 47.1. The highest BCUT2D eigenvalue weighted by Gasteiger charge is 2.25. The Morgan fingerprint density at radius 2 is 0.842 bits per heavy atom. The zero-order valence-electron chi connectivity index (χ0n) is 43.4. The van der Waals surface area contributed by atoms with Crippen LogP contribution in [0.5, 0.6) is 17.2 Å². The first-order valence-electron chi connectivity index (χ1n) is 25.3. The molecule has 0 spiro atoms. The fourth-order valence-corrected chi connectivity index (χ4v) is 9.36. The molecule has 0 heterocycles. The third-order valence-electron chi connectivity index (χ3n) is 13.2. The predicted octanol–water partition coefficient (Wildman–Crippen LogP) is 13.1. The van der Waals surface area contributed by atoms with Crippen molar-refractivity contribution in [3.05, 3.63) is 196 Å². The average Bonchev–Trinajstić information content (AvgIpc) is 4.16. The van der Waals surface area contributed by atoms with Crippen LogP contribution in [-0.2, 0) is 43.1 Å². The summed E-state index contributed by atoms with van der Waals surface area (Å²) in [5.74, 6) is 17.3. The second-order valence-electron chi connectivity index (χ2n) is 18.2. The molecule has 3 N–H and O–H groups in total. The molecule has 0 saturated heterocycles. The second-order valence-corrected chi connectivity index (χ2v) is 18.2. The van der Waals surface area contributed by atoms with Crippen molar-refractivity contribution in [2.45, 2.75) is 122 Å². The van der Waals surface area contributed by atoms with Crippen molar-refractivity contribution in [1.29, 1.82) is 0 Å². The molecule has 0 bridgehead atoms. The molecule has 76 heavy (non-hydrogen) atoms. The standard InChI is InChI=1S/C22H22O3.C21H20O3.C13H14O3.C9H10O.CH4/c1-3-6-18(15-22(23)24-2)16-9-12-19(13-10-16)25-21-14-11-17-7-4-5-8-20(17)21;1-2-5-17(14-21(22)23)15-8-11-18(12-9-15)24-20-13-10-16-6-3-4-7-19(16)20;1-3-4-11(9-13(15)16-2)10-5-7-12(14)8-6-10;10-9-6-5-7-3-1-2-4-8(7)9;/h4-5,7-10,12-13,18,21H,11,14-15H2,1-2H3;3-4,6-9,11-12,17,20H,10,13-14H2,1H3,(H,22,23);5-8,11,14H,9H2,1-2H3;1-4,9-10H,5-6H2;1H4/t18-,21?;17-,20?;11-;;/m000../s1. The van der Waals surface area contributed by atoms with Gasteiger partial charge >= 0.3 is 17.9 Å². The Bertz CT molecular complexity index is 3020. The molecule has 3 unspecified atom stereocenters. The molecular weight excluding hydrogens is 953 g/mol. The monoisotopic (exact) mass is 1020 g/mol. The number of carboxylic acids is 1. The largest absolute Gasteiger partial charge is 0.508 e. The predicted molar refractivity (Wildman–Crippen MR) is 298 cm³/mol. The number of benzene rings is 6. The summed E-state index contributed by atoms with van der Waals surface area (Å²) in [6.45, 7) is 5.23. The molecule has 0 fully saturated rings. The topological polar surface area (TPSA) is 149 Å². The van der Waals surface area contributed by atoms with Crippen LogP contribution in [0.4, 0.5) is 0 Å². The van der Waals surface area contributed by atoms with Gasteiger partial charge in [0.05, 0.1) is 57.3 Å². The van der Waals surface area contributed by atoms with Gasteiger partial charge in [-0.2, -0.15) is 0 Å². The molecule has 6 aromatic carbocycles. The Kier molecular flexibility index (Phi) is 23.3. The van der Waals surface area contributed by atoms with Crippen LogP contribution >= 0.6 is 0 Å². The van der Waals surface area contributed by atoms with Crippen LogP contribution in [0.25, 0.3) is 0 Å². The number of phenols is 1. The lowest BCUT2D eigenvalue weighted by atomic mass is 9.96. The van der Waals surface area contributed by atoms with Crippen LogP contribution in [0.3, 0.4) is 0 Å². The van der Waals surface area contributed by atoms with Gasteiger partial charge in [0.2, 0.25) is 0 Å². The minimum atomic E-state index is -0.842. The molecule has 3 aliphatic rings. The normalized spacial score (nSPS) is 15.9. The minimum Gasteiger partial charge on any atom is -0.508 e. The molecule has 0 aromatic heterocycles. The number of hydrogen-bond donors (Lipinski definition) is 3. The first-order valence-corrected chi connectivity index (χ1v) is 25.3. The van der Waals surface area contributed by atoms with Gasteiger partial charge in [-0.05, 0) is 146 Å². The van der Waals surface area contributed by atoms with Crippen molar-refractivity contribution in [3.8, 4) is 52.8 Å². The van der Waals surface area contributed by atoms with E-state index in [1.165, 1.54) is 42.0 Å². The molecule has 394 valence electrons. The maximum atomic E-state index is 11.6. The van der Waals surface area contributed by atoms with E-state index in [1.807, 2.05) is 72.8 Å². The average molecular weight is 1020 g/mol. The Morgan fingerprint density at radius 1 is 0.500 bits per heavy atom. The van der Waals surface area contributed by atoms with E-state index < -0.39 is 5.97 Å². The van der Waals surface area contributed by atoms with E-state index in [-0.39, 0.29) is 80.4 Å². The van der Waals surface area contributed by atoms with Crippen LogP contribution in [0, 0.1) is 35.5 Å². The third kappa shape index (κ3) is 17.2. The number of rotatable bonds is 13. The summed E-state index contributed by atoms with van der Waals surface area (Å²) in [4.78, 5) is 33.7. The van der Waals surface area contributed by atoms with Crippen LogP contribution in [0.1, 0.15) is 153 Å². The van der Waals surface area contributed by atoms with Crippen molar-refractivity contribution >= 4 is 17.9 Å². The number of aryl methyl sites for hydroxylation is 3. The summed E-state index contributed by atoms with van der Waals surface area (Å²) in [7, 11) is 2.75. The number of carbonyl (C=O) groups is 3. The number of ether oxygens (including phenoxy) is 4. The van der Waals surface area contributed by atoms with Gasteiger partial charge in [0.15, 0.2) is 0 Å². The number of fused-ring (bicyclic) bond motifs is 3. The molecular formula is C66H70O10. The first-order chi connectivity index (χ1) is 36.4. The maximum Gasteiger partial charge on any atom is 0.307 e. The summed E-state index contributed by atoms with van der Waals surface area (Å²) in [5.41, 5.74) is 10.5. The number of aromatic hydroxyl groups is 1. The number of aliphatic carboxylic acids is 1. The van der Waals surface area contributed by atoms with E-state index >= 15 is 0 Å². The highest BCUT2D eigenvalue weighted by molar-refractivity contribution is 5.72. The van der Waals surface area contributed by atoms with E-state index in [2.05, 4.69) is 88.8 Å². The fourth-order valence-electron chi connectivity index (χ4n) is 9.36. The van der Waals surface area contributed by atoms with Crippen molar-refractivity contribution in [3.63, 3.8) is 0 Å². The van der Waals surface area contributed by atoms with E-state index in [4.69, 9.17) is 24.4 Å². The zero-order chi connectivity index (χ0) is 53.5. The first kappa shape index (κ1) is 58.7. The van der Waals surface area contributed by atoms with Crippen LogP contribution in [0.2, 0.25) is 0 Å². The van der Waals surface area contributed by atoms with E-state index in [0.717, 1.165) is 72.3 Å². The molecule has 10 nitrogen and oxygen atoms in total. The third-order valence-corrected chi connectivity index (χ3v) is 13.2. The Balaban J connectivity index is 0.000000195. The lowest BCUT2D eigenvalue weighted by Gasteiger charge is -2.16. The molecule has 3 aliphatic carbocycles. The molecule has 0 aliphatic heterocycles. The van der Waals surface area contributed by atoms with Gasteiger partial charge in [0.1, 0.15) is 29.5 Å². The van der Waals surface area contributed by atoms with Crippen LogP contribution in [-0.4, -0.2) is 47.4 Å². The summed E-state index contributed by atoms with van der Waals surface area (Å²) >= 11 is 0. The molecule has 10 heteroatoms.